The first-order valence-corrected chi connectivity index (χ1v) is 6.59. The number of esters is 1. The van der Waals surface area contributed by atoms with E-state index in [0.717, 1.165) is 23.3 Å². The highest BCUT2D eigenvalue weighted by atomic mass is 16.5. The van der Waals surface area contributed by atoms with Crippen LogP contribution in [-0.2, 0) is 11.2 Å². The number of methoxy groups -OCH3 is 1. The number of rotatable bonds is 4. The van der Waals surface area contributed by atoms with Crippen LogP contribution >= 0.6 is 0 Å². The second kappa shape index (κ2) is 6.24. The molecule has 20 heavy (non-hydrogen) atoms. The number of aryl methyl sites for hydroxylation is 1. The summed E-state index contributed by atoms with van der Waals surface area (Å²) >= 11 is 0. The van der Waals surface area contributed by atoms with Gasteiger partial charge in [0.2, 0.25) is 0 Å². The third-order valence-electron chi connectivity index (χ3n) is 3.09. The summed E-state index contributed by atoms with van der Waals surface area (Å²) in [6.07, 6.45) is 0.928. The van der Waals surface area contributed by atoms with Crippen molar-refractivity contribution in [1.82, 2.24) is 0 Å². The van der Waals surface area contributed by atoms with E-state index in [-0.39, 0.29) is 5.97 Å². The van der Waals surface area contributed by atoms with E-state index in [1.54, 1.807) is 7.11 Å². The lowest BCUT2D eigenvalue weighted by Gasteiger charge is -2.12. The predicted octanol–water partition coefficient (Wildman–Crippen LogP) is 3.85. The summed E-state index contributed by atoms with van der Waals surface area (Å²) in [6, 6.07) is 13.6. The Hall–Kier alpha value is -2.29. The van der Waals surface area contributed by atoms with Crippen LogP contribution in [0.15, 0.2) is 42.5 Å². The highest BCUT2D eigenvalue weighted by Crippen LogP contribution is 2.33. The molecule has 3 nitrogen and oxygen atoms in total. The Morgan fingerprint density at radius 3 is 2.60 bits per heavy atom. The molecule has 0 N–H and O–H groups in total. The van der Waals surface area contributed by atoms with Crippen molar-refractivity contribution in [3.63, 3.8) is 0 Å². The molecule has 0 saturated heterocycles. The summed E-state index contributed by atoms with van der Waals surface area (Å²) in [7, 11) is 1.63. The fraction of sp³-hybridized carbons (Fsp3) is 0.235. The molecule has 2 aromatic rings. The highest BCUT2D eigenvalue weighted by molar-refractivity contribution is 5.77. The molecule has 0 spiro atoms. The monoisotopic (exact) mass is 270 g/mol. The van der Waals surface area contributed by atoms with Crippen molar-refractivity contribution in [3.05, 3.63) is 48.0 Å². The van der Waals surface area contributed by atoms with Crippen LogP contribution in [0.3, 0.4) is 0 Å². The van der Waals surface area contributed by atoms with E-state index in [4.69, 9.17) is 9.47 Å². The third-order valence-corrected chi connectivity index (χ3v) is 3.09. The molecular weight excluding hydrogens is 252 g/mol. The molecule has 0 radical (unpaired) electrons. The van der Waals surface area contributed by atoms with Gasteiger partial charge in [-0.1, -0.05) is 25.1 Å². The summed E-state index contributed by atoms with van der Waals surface area (Å²) in [5.74, 6) is 1.03. The van der Waals surface area contributed by atoms with Crippen molar-refractivity contribution >= 4 is 5.97 Å². The SMILES string of the molecule is CCc1ccc(OC(C)=O)c(-c2cccc(OC)c2)c1. The largest absolute Gasteiger partial charge is 0.497 e. The van der Waals surface area contributed by atoms with Gasteiger partial charge in [0, 0.05) is 12.5 Å². The Kier molecular flexibility index (Phi) is 4.41. The molecule has 0 bridgehead atoms. The maximum atomic E-state index is 11.2. The van der Waals surface area contributed by atoms with Gasteiger partial charge in [-0.3, -0.25) is 4.79 Å². The van der Waals surface area contributed by atoms with Gasteiger partial charge in [-0.25, -0.2) is 0 Å². The summed E-state index contributed by atoms with van der Waals surface area (Å²) in [5.41, 5.74) is 3.06. The van der Waals surface area contributed by atoms with Crippen LogP contribution in [0.25, 0.3) is 11.1 Å². The molecule has 0 heterocycles. The number of carbonyl (C=O) groups excluding carboxylic acids is 1. The van der Waals surface area contributed by atoms with Gasteiger partial charge >= 0.3 is 5.97 Å². The molecular formula is C17H18O3. The maximum Gasteiger partial charge on any atom is 0.308 e. The molecule has 0 atom stereocenters. The van der Waals surface area contributed by atoms with Crippen LogP contribution < -0.4 is 9.47 Å². The van der Waals surface area contributed by atoms with Gasteiger partial charge in [-0.15, -0.1) is 0 Å². The van der Waals surface area contributed by atoms with Crippen LogP contribution in [-0.4, -0.2) is 13.1 Å². The van der Waals surface area contributed by atoms with Crippen molar-refractivity contribution < 1.29 is 14.3 Å². The molecule has 0 aliphatic rings. The van der Waals surface area contributed by atoms with Gasteiger partial charge in [-0.05, 0) is 41.8 Å². The molecule has 0 aromatic heterocycles. The van der Waals surface area contributed by atoms with Crippen LogP contribution in [0.1, 0.15) is 19.4 Å². The molecule has 0 aliphatic heterocycles. The number of benzene rings is 2. The van der Waals surface area contributed by atoms with Gasteiger partial charge in [-0.2, -0.15) is 0 Å². The number of hydrogen-bond donors (Lipinski definition) is 0. The summed E-state index contributed by atoms with van der Waals surface area (Å²) < 4.78 is 10.5. The molecule has 2 aromatic carbocycles. The van der Waals surface area contributed by atoms with Crippen LogP contribution in [0.2, 0.25) is 0 Å². The Morgan fingerprint density at radius 1 is 1.15 bits per heavy atom. The number of ether oxygens (including phenoxy) is 2. The quantitative estimate of drug-likeness (QED) is 0.625. The molecule has 0 aliphatic carbocycles. The lowest BCUT2D eigenvalue weighted by atomic mass is 10.0. The molecule has 2 rings (SSSR count). The molecule has 0 fully saturated rings. The Balaban J connectivity index is 2.53. The molecule has 0 saturated carbocycles. The van der Waals surface area contributed by atoms with Gasteiger partial charge < -0.3 is 9.47 Å². The summed E-state index contributed by atoms with van der Waals surface area (Å²) in [5, 5.41) is 0. The third kappa shape index (κ3) is 3.18. The first-order chi connectivity index (χ1) is 9.63. The Morgan fingerprint density at radius 2 is 1.95 bits per heavy atom. The summed E-state index contributed by atoms with van der Waals surface area (Å²) in [4.78, 5) is 11.2. The van der Waals surface area contributed by atoms with Crippen molar-refractivity contribution in [3.8, 4) is 22.6 Å². The van der Waals surface area contributed by atoms with E-state index in [1.807, 2.05) is 42.5 Å². The zero-order chi connectivity index (χ0) is 14.5. The van der Waals surface area contributed by atoms with E-state index in [0.29, 0.717) is 5.75 Å². The fourth-order valence-corrected chi connectivity index (χ4v) is 2.06. The Labute approximate surface area is 119 Å². The second-order valence-electron chi connectivity index (χ2n) is 4.51. The predicted molar refractivity (Wildman–Crippen MR) is 79.1 cm³/mol. The topological polar surface area (TPSA) is 35.5 Å². The lowest BCUT2D eigenvalue weighted by Crippen LogP contribution is -2.03. The van der Waals surface area contributed by atoms with E-state index >= 15 is 0 Å². The average Bonchev–Trinajstić information content (AvgIpc) is 2.47. The number of hydrogen-bond acceptors (Lipinski definition) is 3. The van der Waals surface area contributed by atoms with Crippen molar-refractivity contribution in [2.75, 3.05) is 7.11 Å². The second-order valence-corrected chi connectivity index (χ2v) is 4.51. The molecule has 104 valence electrons. The van der Waals surface area contributed by atoms with Crippen LogP contribution in [0.4, 0.5) is 0 Å². The standard InChI is InChI=1S/C17H18O3/c1-4-13-8-9-17(20-12(2)18)16(10-13)14-6-5-7-15(11-14)19-3/h5-11H,4H2,1-3H3. The lowest BCUT2D eigenvalue weighted by molar-refractivity contribution is -0.131. The zero-order valence-electron chi connectivity index (χ0n) is 12.0. The van der Waals surface area contributed by atoms with Gasteiger partial charge in [0.05, 0.1) is 7.11 Å². The highest BCUT2D eigenvalue weighted by Gasteiger charge is 2.10. The van der Waals surface area contributed by atoms with Crippen molar-refractivity contribution in [1.29, 1.82) is 0 Å². The fourth-order valence-electron chi connectivity index (χ4n) is 2.06. The maximum absolute atomic E-state index is 11.2. The van der Waals surface area contributed by atoms with Gasteiger partial charge in [0.15, 0.2) is 0 Å². The van der Waals surface area contributed by atoms with E-state index in [9.17, 15) is 4.79 Å². The molecule has 0 unspecified atom stereocenters. The van der Waals surface area contributed by atoms with E-state index in [1.165, 1.54) is 12.5 Å². The average molecular weight is 270 g/mol. The van der Waals surface area contributed by atoms with E-state index < -0.39 is 0 Å². The van der Waals surface area contributed by atoms with Gasteiger partial charge in [0.1, 0.15) is 11.5 Å². The molecule has 0 amide bonds. The smallest absolute Gasteiger partial charge is 0.308 e. The van der Waals surface area contributed by atoms with Crippen LogP contribution in [0, 0.1) is 0 Å². The minimum atomic E-state index is -0.321. The Bertz CT molecular complexity index is 617. The number of carbonyl (C=O) groups is 1. The zero-order valence-corrected chi connectivity index (χ0v) is 12.0. The van der Waals surface area contributed by atoms with Crippen molar-refractivity contribution in [2.24, 2.45) is 0 Å². The normalized spacial score (nSPS) is 10.2. The van der Waals surface area contributed by atoms with Crippen molar-refractivity contribution in [2.45, 2.75) is 20.3 Å². The van der Waals surface area contributed by atoms with Crippen LogP contribution in [0.5, 0.6) is 11.5 Å². The van der Waals surface area contributed by atoms with Gasteiger partial charge in [0.25, 0.3) is 0 Å². The first-order valence-electron chi connectivity index (χ1n) is 6.59. The minimum absolute atomic E-state index is 0.321. The minimum Gasteiger partial charge on any atom is -0.497 e. The first kappa shape index (κ1) is 14.1. The van der Waals surface area contributed by atoms with E-state index in [2.05, 4.69) is 6.92 Å². The molecule has 3 heteroatoms. The summed E-state index contributed by atoms with van der Waals surface area (Å²) in [6.45, 7) is 3.50.